The zero-order valence-electron chi connectivity index (χ0n) is 24.5. The Kier molecular flexibility index (Phi) is 10.6. The van der Waals surface area contributed by atoms with Gasteiger partial charge in [-0.25, -0.2) is 17.2 Å². The van der Waals surface area contributed by atoms with Crippen LogP contribution in [0.25, 0.3) is 0 Å². The SMILES string of the molecule is CC(C)(O)c1c(F)cc(OCCCN(Cc2cccc(C(F)(F)F)c2Cl)CC(C)(C)c2ccc(F)cc2)cc1S(C)(=O)=O. The zero-order valence-corrected chi connectivity index (χ0v) is 26.1. The Morgan fingerprint density at radius 3 is 2.16 bits per heavy atom. The molecule has 236 valence electrons. The highest BCUT2D eigenvalue weighted by atomic mass is 35.5. The maximum Gasteiger partial charge on any atom is 0.417 e. The van der Waals surface area contributed by atoms with Crippen LogP contribution in [0.4, 0.5) is 22.0 Å². The number of alkyl halides is 3. The van der Waals surface area contributed by atoms with Gasteiger partial charge in [-0.3, -0.25) is 4.90 Å². The standard InChI is InChI=1S/C31H35ClF5NO4S/c1-29(2,21-10-12-22(33)13-11-21)19-38(18-20-8-6-9-24(28(20)32)31(35,36)37)14-7-15-42-23-16-25(34)27(30(3,4)39)26(17-23)43(5,40)41/h6,8-13,16-17,39H,7,14-15,18-19H2,1-5H3. The molecule has 0 aliphatic rings. The molecule has 5 nitrogen and oxygen atoms in total. The predicted molar refractivity (Wildman–Crippen MR) is 156 cm³/mol. The van der Waals surface area contributed by atoms with Gasteiger partial charge in [0.25, 0.3) is 0 Å². The van der Waals surface area contributed by atoms with Crippen LogP contribution in [-0.2, 0) is 33.6 Å². The molecular weight excluding hydrogens is 613 g/mol. The van der Waals surface area contributed by atoms with Gasteiger partial charge in [0.15, 0.2) is 9.84 Å². The predicted octanol–water partition coefficient (Wildman–Crippen LogP) is 7.52. The number of aliphatic hydroxyl groups is 1. The van der Waals surface area contributed by atoms with Crippen LogP contribution >= 0.6 is 11.6 Å². The highest BCUT2D eigenvalue weighted by Gasteiger charge is 2.34. The van der Waals surface area contributed by atoms with Gasteiger partial charge in [0, 0.05) is 42.9 Å². The molecule has 3 aromatic rings. The van der Waals surface area contributed by atoms with Gasteiger partial charge in [0.1, 0.15) is 17.4 Å². The Morgan fingerprint density at radius 1 is 0.977 bits per heavy atom. The van der Waals surface area contributed by atoms with Crippen molar-refractivity contribution in [2.24, 2.45) is 0 Å². The van der Waals surface area contributed by atoms with Crippen LogP contribution < -0.4 is 4.74 Å². The van der Waals surface area contributed by atoms with E-state index in [1.54, 1.807) is 12.1 Å². The molecule has 0 fully saturated rings. The summed E-state index contributed by atoms with van der Waals surface area (Å²) in [4.78, 5) is 1.51. The number of nitrogens with zero attached hydrogens (tertiary/aromatic N) is 1. The van der Waals surface area contributed by atoms with Crippen molar-refractivity contribution in [1.29, 1.82) is 0 Å². The molecule has 0 unspecified atom stereocenters. The summed E-state index contributed by atoms with van der Waals surface area (Å²) in [5, 5.41) is 9.93. The van der Waals surface area contributed by atoms with Gasteiger partial charge in [-0.15, -0.1) is 0 Å². The molecule has 0 bridgehead atoms. The van der Waals surface area contributed by atoms with Crippen LogP contribution in [0, 0.1) is 11.6 Å². The second-order valence-electron chi connectivity index (χ2n) is 11.7. The molecule has 0 aliphatic heterocycles. The van der Waals surface area contributed by atoms with E-state index in [-0.39, 0.29) is 30.0 Å². The van der Waals surface area contributed by atoms with Crippen LogP contribution in [0.2, 0.25) is 5.02 Å². The molecule has 0 amide bonds. The summed E-state index contributed by atoms with van der Waals surface area (Å²) in [6, 6.07) is 11.9. The van der Waals surface area contributed by atoms with Gasteiger partial charge in [0.2, 0.25) is 0 Å². The number of hydrogen-bond donors (Lipinski definition) is 1. The maximum atomic E-state index is 14.9. The molecular formula is C31H35ClF5NO4S. The normalized spacial score (nSPS) is 13.0. The Balaban J connectivity index is 1.83. The minimum Gasteiger partial charge on any atom is -0.493 e. The summed E-state index contributed by atoms with van der Waals surface area (Å²) < 4.78 is 99.3. The van der Waals surface area contributed by atoms with Gasteiger partial charge >= 0.3 is 6.18 Å². The van der Waals surface area contributed by atoms with Gasteiger partial charge in [-0.1, -0.05) is 49.7 Å². The summed E-state index contributed by atoms with van der Waals surface area (Å²) in [5.74, 6) is -1.38. The van der Waals surface area contributed by atoms with E-state index in [4.69, 9.17) is 16.3 Å². The van der Waals surface area contributed by atoms with Crippen molar-refractivity contribution in [3.05, 3.63) is 93.5 Å². The lowest BCUT2D eigenvalue weighted by molar-refractivity contribution is -0.137. The van der Waals surface area contributed by atoms with Crippen LogP contribution in [0.3, 0.4) is 0 Å². The van der Waals surface area contributed by atoms with Crippen molar-refractivity contribution in [3.8, 4) is 5.75 Å². The number of hydrogen-bond acceptors (Lipinski definition) is 5. The van der Waals surface area contributed by atoms with E-state index in [1.165, 1.54) is 38.1 Å². The third kappa shape index (κ3) is 9.14. The van der Waals surface area contributed by atoms with Gasteiger partial charge in [-0.05, 0) is 55.7 Å². The Labute approximate surface area is 254 Å². The number of rotatable bonds is 12. The highest BCUT2D eigenvalue weighted by molar-refractivity contribution is 7.90. The van der Waals surface area contributed by atoms with E-state index in [1.807, 2.05) is 18.7 Å². The number of halogens is 6. The molecule has 3 aromatic carbocycles. The molecule has 43 heavy (non-hydrogen) atoms. The molecule has 0 heterocycles. The minimum atomic E-state index is -4.62. The monoisotopic (exact) mass is 647 g/mol. The quantitative estimate of drug-likeness (QED) is 0.163. The first-order valence-electron chi connectivity index (χ1n) is 13.4. The van der Waals surface area contributed by atoms with Crippen LogP contribution in [-0.4, -0.2) is 44.4 Å². The van der Waals surface area contributed by atoms with Gasteiger partial charge < -0.3 is 9.84 Å². The van der Waals surface area contributed by atoms with E-state index in [9.17, 15) is 35.5 Å². The second-order valence-corrected chi connectivity index (χ2v) is 14.1. The summed E-state index contributed by atoms with van der Waals surface area (Å²) in [6.07, 6.45) is -3.39. The summed E-state index contributed by atoms with van der Waals surface area (Å²) in [7, 11) is -3.91. The summed E-state index contributed by atoms with van der Waals surface area (Å²) in [5.41, 5.74) is -2.51. The first kappa shape index (κ1) is 34.8. The molecule has 1 N–H and O–H groups in total. The van der Waals surface area contributed by atoms with E-state index in [0.717, 1.165) is 30.0 Å². The zero-order chi connectivity index (χ0) is 32.4. The first-order chi connectivity index (χ1) is 19.7. The van der Waals surface area contributed by atoms with E-state index in [2.05, 4.69) is 0 Å². The summed E-state index contributed by atoms with van der Waals surface area (Å²) in [6.45, 7) is 7.18. The fraction of sp³-hybridized carbons (Fsp3) is 0.419. The molecule has 3 rings (SSSR count). The molecule has 0 aromatic heterocycles. The fourth-order valence-electron chi connectivity index (χ4n) is 4.93. The summed E-state index contributed by atoms with van der Waals surface area (Å²) >= 11 is 6.18. The average Bonchev–Trinajstić information content (AvgIpc) is 2.85. The van der Waals surface area contributed by atoms with E-state index < -0.39 is 54.1 Å². The van der Waals surface area contributed by atoms with Crippen molar-refractivity contribution >= 4 is 21.4 Å². The van der Waals surface area contributed by atoms with Crippen molar-refractivity contribution < 1.29 is 40.2 Å². The largest absolute Gasteiger partial charge is 0.493 e. The molecule has 12 heteroatoms. The first-order valence-corrected chi connectivity index (χ1v) is 15.7. The molecule has 0 saturated heterocycles. The van der Waals surface area contributed by atoms with E-state index >= 15 is 0 Å². The van der Waals surface area contributed by atoms with Crippen LogP contribution in [0.15, 0.2) is 59.5 Å². The fourth-order valence-corrected chi connectivity index (χ4v) is 6.27. The highest BCUT2D eigenvalue weighted by Crippen LogP contribution is 2.37. The number of sulfone groups is 1. The lowest BCUT2D eigenvalue weighted by atomic mass is 9.84. The average molecular weight is 648 g/mol. The third-order valence-electron chi connectivity index (χ3n) is 6.95. The lowest BCUT2D eigenvalue weighted by Gasteiger charge is -2.34. The molecule has 0 atom stereocenters. The Morgan fingerprint density at radius 2 is 1.60 bits per heavy atom. The van der Waals surface area contributed by atoms with Crippen LogP contribution in [0.5, 0.6) is 5.75 Å². The molecule has 0 radical (unpaired) electrons. The van der Waals surface area contributed by atoms with Gasteiger partial charge in [0.05, 0.1) is 27.7 Å². The lowest BCUT2D eigenvalue weighted by Crippen LogP contribution is -2.38. The number of benzene rings is 3. The van der Waals surface area contributed by atoms with Crippen molar-refractivity contribution in [3.63, 3.8) is 0 Å². The molecule has 0 spiro atoms. The molecule has 0 aliphatic carbocycles. The van der Waals surface area contributed by atoms with Crippen molar-refractivity contribution in [2.75, 3.05) is 26.0 Å². The maximum absolute atomic E-state index is 14.9. The van der Waals surface area contributed by atoms with Gasteiger partial charge in [-0.2, -0.15) is 13.2 Å². The van der Waals surface area contributed by atoms with Crippen LogP contribution in [0.1, 0.15) is 56.4 Å². The number of ether oxygens (including phenoxy) is 1. The topological polar surface area (TPSA) is 66.8 Å². The van der Waals surface area contributed by atoms with Crippen molar-refractivity contribution in [1.82, 2.24) is 4.90 Å². The second kappa shape index (κ2) is 13.1. The minimum absolute atomic E-state index is 0.0221. The Bertz CT molecular complexity index is 1540. The molecule has 0 saturated carbocycles. The Hall–Kier alpha value is -2.73. The van der Waals surface area contributed by atoms with Crippen molar-refractivity contribution in [2.45, 2.75) is 62.7 Å². The third-order valence-corrected chi connectivity index (χ3v) is 8.52. The smallest absolute Gasteiger partial charge is 0.417 e. The van der Waals surface area contributed by atoms with E-state index in [0.29, 0.717) is 19.5 Å².